The molecule has 0 radical (unpaired) electrons. The first kappa shape index (κ1) is 46.1. The molecule has 0 saturated heterocycles. The van der Waals surface area contributed by atoms with Crippen LogP contribution in [-0.4, -0.2) is 114 Å². The second kappa shape index (κ2) is 19.5. The SMILES string of the molecule is COC[C@H](C)NC(=O)c1c[nH]c2ncc(-c3nc(Cl)n4cc(F)ccc34)nc12.COC[C@H](C)NC(=O)c1cn(COCC[Si](C)(C)C)c2ncc(-c3nc(Cl)n4cc(F)ccc34)nc12. The second-order valence-corrected chi connectivity index (χ2v) is 22.6. The topological polar surface area (TPSA) is 193 Å². The molecule has 64 heavy (non-hydrogen) atoms. The van der Waals surface area contributed by atoms with Crippen molar-refractivity contribution in [3.05, 3.63) is 94.8 Å². The maximum atomic E-state index is 13.7. The van der Waals surface area contributed by atoms with Gasteiger partial charge in [0, 0.05) is 65.8 Å². The van der Waals surface area contributed by atoms with Gasteiger partial charge < -0.3 is 34.4 Å². The Labute approximate surface area is 376 Å². The Morgan fingerprint density at radius 1 is 0.766 bits per heavy atom. The molecule has 17 nitrogen and oxygen atoms in total. The highest BCUT2D eigenvalue weighted by atomic mass is 35.5. The standard InChI is InChI=1S/C24H30ClFN6O3Si.C18H16ClFN6O2/c1-15(13-34-2)28-23(33)17-12-31(14-35-8-9-36(3,4)5)22-20(17)29-18(10-27-22)21-19-7-6-16(26)11-32(19)24(25)30-21;1-9(8-28-2)23-17(27)11-5-21-16-14(11)24-12(6-22-16)15-13-4-3-10(20)7-26(13)18(19)25-15/h6-7,10-12,15H,8-9,13-14H2,1-5H3,(H,28,33);3-7,9H,8H2,1-2H3,(H,21,22)(H,23,27)/t15-;9-/m00/s1. The fourth-order valence-electron chi connectivity index (χ4n) is 6.76. The van der Waals surface area contributed by atoms with Crippen molar-refractivity contribution in [1.82, 2.24) is 58.9 Å². The normalized spacial score (nSPS) is 12.8. The van der Waals surface area contributed by atoms with Crippen LogP contribution in [0.25, 0.3) is 56.1 Å². The maximum Gasteiger partial charge on any atom is 0.255 e. The van der Waals surface area contributed by atoms with Crippen molar-refractivity contribution in [3.8, 4) is 22.8 Å². The lowest BCUT2D eigenvalue weighted by molar-refractivity contribution is 0.0879. The highest BCUT2D eigenvalue weighted by Gasteiger charge is 2.23. The molecule has 0 aliphatic rings. The van der Waals surface area contributed by atoms with E-state index >= 15 is 0 Å². The van der Waals surface area contributed by atoms with Gasteiger partial charge in [-0.05, 0) is 67.4 Å². The lowest BCUT2D eigenvalue weighted by atomic mass is 10.2. The summed E-state index contributed by atoms with van der Waals surface area (Å²) in [6, 6.07) is 6.45. The molecule has 8 aromatic heterocycles. The average Bonchev–Trinajstić information content (AvgIpc) is 4.01. The van der Waals surface area contributed by atoms with Crippen molar-refractivity contribution >= 4 is 76.5 Å². The molecule has 0 aliphatic heterocycles. The Hall–Kier alpha value is -5.90. The van der Waals surface area contributed by atoms with E-state index in [1.54, 1.807) is 49.5 Å². The van der Waals surface area contributed by atoms with Gasteiger partial charge in [-0.2, -0.15) is 0 Å². The molecule has 3 N–H and O–H groups in total. The number of pyridine rings is 2. The molecule has 0 fully saturated rings. The summed E-state index contributed by atoms with van der Waals surface area (Å²) in [5, 5.41) is 5.97. The molecular formula is C42H46Cl2F2N12O5Si. The van der Waals surface area contributed by atoms with Crippen LogP contribution in [0.5, 0.6) is 0 Å². The van der Waals surface area contributed by atoms with E-state index in [0.29, 0.717) is 87.1 Å². The molecule has 336 valence electrons. The Bertz CT molecular complexity index is 2990. The predicted octanol–water partition coefficient (Wildman–Crippen LogP) is 7.45. The quantitative estimate of drug-likeness (QED) is 0.0684. The van der Waals surface area contributed by atoms with Gasteiger partial charge in [0.1, 0.15) is 52.2 Å². The number of ether oxygens (including phenoxy) is 3. The summed E-state index contributed by atoms with van der Waals surface area (Å²) in [7, 11) is 1.91. The van der Waals surface area contributed by atoms with Gasteiger partial charge in [-0.3, -0.25) is 18.4 Å². The number of halogens is 4. The van der Waals surface area contributed by atoms with Gasteiger partial charge in [0.25, 0.3) is 11.8 Å². The number of methoxy groups -OCH3 is 2. The van der Waals surface area contributed by atoms with E-state index in [0.717, 1.165) is 6.04 Å². The smallest absolute Gasteiger partial charge is 0.255 e. The largest absolute Gasteiger partial charge is 0.383 e. The zero-order valence-corrected chi connectivity index (χ0v) is 38.6. The number of aromatic nitrogens is 10. The van der Waals surface area contributed by atoms with E-state index < -0.39 is 19.7 Å². The molecule has 8 aromatic rings. The van der Waals surface area contributed by atoms with Crippen molar-refractivity contribution in [1.29, 1.82) is 0 Å². The van der Waals surface area contributed by atoms with Gasteiger partial charge in [0.05, 0.1) is 47.8 Å². The molecule has 0 aromatic carbocycles. The minimum atomic E-state index is -1.24. The monoisotopic (exact) mass is 934 g/mol. The maximum absolute atomic E-state index is 13.7. The molecule has 8 heterocycles. The van der Waals surface area contributed by atoms with Crippen molar-refractivity contribution in [3.63, 3.8) is 0 Å². The van der Waals surface area contributed by atoms with E-state index in [-0.39, 0.29) is 41.2 Å². The lowest BCUT2D eigenvalue weighted by Gasteiger charge is -2.15. The number of rotatable bonds is 15. The highest BCUT2D eigenvalue weighted by Crippen LogP contribution is 2.30. The first-order chi connectivity index (χ1) is 30.5. The Balaban J connectivity index is 0.000000197. The molecule has 2 amide bonds. The summed E-state index contributed by atoms with van der Waals surface area (Å²) in [6.07, 6.45) is 8.84. The van der Waals surface area contributed by atoms with Crippen LogP contribution in [0.4, 0.5) is 8.78 Å². The number of hydrogen-bond donors (Lipinski definition) is 3. The molecule has 0 saturated carbocycles. The molecular weight excluding hydrogens is 890 g/mol. The molecule has 0 aliphatic carbocycles. The molecule has 0 spiro atoms. The number of amides is 2. The molecule has 0 unspecified atom stereocenters. The predicted molar refractivity (Wildman–Crippen MR) is 241 cm³/mol. The fraction of sp³-hybridized carbons (Fsp3) is 0.333. The number of H-pyrrole nitrogens is 1. The van der Waals surface area contributed by atoms with E-state index in [4.69, 9.17) is 42.4 Å². The van der Waals surface area contributed by atoms with Crippen LogP contribution in [0.15, 0.2) is 61.4 Å². The number of nitrogens with one attached hydrogen (secondary N) is 3. The number of imidazole rings is 2. The third kappa shape index (κ3) is 10.2. The first-order valence-electron chi connectivity index (χ1n) is 20.1. The Kier molecular flexibility index (Phi) is 14.0. The van der Waals surface area contributed by atoms with Crippen LogP contribution in [0.3, 0.4) is 0 Å². The second-order valence-electron chi connectivity index (χ2n) is 16.3. The minimum Gasteiger partial charge on any atom is -0.383 e. The van der Waals surface area contributed by atoms with Crippen LogP contribution in [0.2, 0.25) is 36.3 Å². The highest BCUT2D eigenvalue weighted by molar-refractivity contribution is 6.76. The van der Waals surface area contributed by atoms with E-state index in [2.05, 4.69) is 60.2 Å². The van der Waals surface area contributed by atoms with Crippen molar-refractivity contribution in [2.45, 2.75) is 58.3 Å². The lowest BCUT2D eigenvalue weighted by Crippen LogP contribution is -2.35. The number of carbonyl (C=O) groups excluding carboxylic acids is 2. The Morgan fingerprint density at radius 3 is 1.84 bits per heavy atom. The van der Waals surface area contributed by atoms with Gasteiger partial charge in [0.15, 0.2) is 11.3 Å². The number of nitrogens with zero attached hydrogens (tertiary/aromatic N) is 9. The van der Waals surface area contributed by atoms with Crippen molar-refractivity contribution in [2.24, 2.45) is 0 Å². The minimum absolute atomic E-state index is 0.0983. The summed E-state index contributed by atoms with van der Waals surface area (Å²) >= 11 is 12.4. The molecule has 22 heteroatoms. The van der Waals surface area contributed by atoms with Crippen molar-refractivity contribution < 1.29 is 32.6 Å². The summed E-state index contributed by atoms with van der Waals surface area (Å²) < 4.78 is 48.0. The summed E-state index contributed by atoms with van der Waals surface area (Å²) in [5.74, 6) is -1.47. The number of hydrogen-bond acceptors (Lipinski definition) is 11. The third-order valence-electron chi connectivity index (χ3n) is 9.85. The van der Waals surface area contributed by atoms with Crippen LogP contribution >= 0.6 is 23.2 Å². The van der Waals surface area contributed by atoms with E-state index in [1.807, 2.05) is 13.8 Å². The number of carbonyl (C=O) groups is 2. The van der Waals surface area contributed by atoms with E-state index in [9.17, 15) is 18.4 Å². The third-order valence-corrected chi connectivity index (χ3v) is 12.1. The van der Waals surface area contributed by atoms with Gasteiger partial charge in [-0.25, -0.2) is 38.7 Å². The van der Waals surface area contributed by atoms with Crippen LogP contribution in [0.1, 0.15) is 34.6 Å². The van der Waals surface area contributed by atoms with Crippen LogP contribution in [-0.2, 0) is 20.9 Å². The van der Waals surface area contributed by atoms with E-state index in [1.165, 1.54) is 39.5 Å². The number of aromatic amines is 1. The van der Waals surface area contributed by atoms with Gasteiger partial charge in [-0.1, -0.05) is 19.6 Å². The zero-order valence-electron chi connectivity index (χ0n) is 36.0. The van der Waals surface area contributed by atoms with Gasteiger partial charge >= 0.3 is 0 Å². The fourth-order valence-corrected chi connectivity index (χ4v) is 7.97. The summed E-state index contributed by atoms with van der Waals surface area (Å²) in [6.45, 7) is 12.2. The number of fused-ring (bicyclic) bond motifs is 4. The van der Waals surface area contributed by atoms with Crippen molar-refractivity contribution in [2.75, 3.05) is 34.0 Å². The molecule has 2 atom stereocenters. The average molecular weight is 936 g/mol. The summed E-state index contributed by atoms with van der Waals surface area (Å²) in [5.41, 5.74) is 5.36. The van der Waals surface area contributed by atoms with Crippen LogP contribution in [0, 0.1) is 11.6 Å². The summed E-state index contributed by atoms with van der Waals surface area (Å²) in [4.78, 5) is 55.5. The first-order valence-corrected chi connectivity index (χ1v) is 24.6. The zero-order chi connectivity index (χ0) is 45.9. The van der Waals surface area contributed by atoms with Gasteiger partial charge in [-0.15, -0.1) is 0 Å². The van der Waals surface area contributed by atoms with Crippen LogP contribution < -0.4 is 10.6 Å². The molecule has 0 bridgehead atoms. The Morgan fingerprint density at radius 2 is 1.30 bits per heavy atom. The molecule has 8 rings (SSSR count). The van der Waals surface area contributed by atoms with Gasteiger partial charge in [0.2, 0.25) is 10.6 Å².